The number of carbonyl (C=O) groups excluding carboxylic acids is 1. The van der Waals surface area contributed by atoms with E-state index in [-0.39, 0.29) is 5.97 Å². The lowest BCUT2D eigenvalue weighted by molar-refractivity contribution is 0.0735. The molecular formula is C17H11ClN2O2S. The number of aromatic nitrogens is 2. The molecule has 0 bridgehead atoms. The molecule has 0 saturated carbocycles. The van der Waals surface area contributed by atoms with Crippen LogP contribution in [0.2, 0.25) is 5.15 Å². The maximum atomic E-state index is 12.1. The third-order valence-electron chi connectivity index (χ3n) is 3.71. The van der Waals surface area contributed by atoms with Crippen LogP contribution in [0.25, 0.3) is 21.8 Å². The number of nitrogens with zero attached hydrogens (tertiary/aromatic N) is 1. The molecule has 3 aromatic heterocycles. The molecule has 1 N–H and O–H groups in total. The van der Waals surface area contributed by atoms with Crippen molar-refractivity contribution in [1.82, 2.24) is 9.97 Å². The van der Waals surface area contributed by atoms with Gasteiger partial charge in [-0.1, -0.05) is 11.6 Å². The molecule has 0 saturated heterocycles. The van der Waals surface area contributed by atoms with Crippen LogP contribution in [0.3, 0.4) is 0 Å². The number of pyridine rings is 1. The van der Waals surface area contributed by atoms with E-state index in [2.05, 4.69) is 9.97 Å². The smallest absolute Gasteiger partial charge is 0.344 e. The van der Waals surface area contributed by atoms with Crippen molar-refractivity contribution < 1.29 is 9.53 Å². The van der Waals surface area contributed by atoms with E-state index >= 15 is 0 Å². The number of rotatable bonds is 2. The standard InChI is InChI=1S/C17H11ClN2O2S/c1-9-7-19-16(18)14-12-6-11(2-3-13(12)20-15(9)14)22-17(21)10-4-5-23-8-10/h2-8,20H,1H3. The molecule has 0 amide bonds. The van der Waals surface area contributed by atoms with Gasteiger partial charge in [0.1, 0.15) is 10.9 Å². The Morgan fingerprint density at radius 3 is 3.00 bits per heavy atom. The number of benzene rings is 1. The van der Waals surface area contributed by atoms with E-state index in [9.17, 15) is 4.79 Å². The summed E-state index contributed by atoms with van der Waals surface area (Å²) in [5.74, 6) is 0.109. The molecule has 0 radical (unpaired) electrons. The van der Waals surface area contributed by atoms with E-state index in [1.807, 2.05) is 24.4 Å². The number of halogens is 1. The summed E-state index contributed by atoms with van der Waals surface area (Å²) in [6, 6.07) is 7.19. The number of esters is 1. The molecule has 0 aliphatic carbocycles. The normalized spacial score (nSPS) is 11.2. The number of hydrogen-bond donors (Lipinski definition) is 1. The summed E-state index contributed by atoms with van der Waals surface area (Å²) in [4.78, 5) is 19.6. The highest BCUT2D eigenvalue weighted by molar-refractivity contribution is 7.08. The van der Waals surface area contributed by atoms with E-state index in [1.54, 1.807) is 23.7 Å². The minimum absolute atomic E-state index is 0.370. The zero-order valence-corrected chi connectivity index (χ0v) is 13.7. The SMILES string of the molecule is Cc1cnc(Cl)c2c1[nH]c1ccc(OC(=O)c3ccsc3)cc12. The Morgan fingerprint density at radius 2 is 2.22 bits per heavy atom. The number of aryl methyl sites for hydroxylation is 1. The Hall–Kier alpha value is -2.37. The molecular weight excluding hydrogens is 332 g/mol. The Kier molecular flexibility index (Phi) is 3.32. The van der Waals surface area contributed by atoms with Crippen LogP contribution in [0.1, 0.15) is 15.9 Å². The predicted octanol–water partition coefficient (Wildman–Crippen LogP) is 4.96. The van der Waals surface area contributed by atoms with Crippen molar-refractivity contribution in [1.29, 1.82) is 0 Å². The first kappa shape index (κ1) is 14.2. The van der Waals surface area contributed by atoms with Gasteiger partial charge in [-0.25, -0.2) is 9.78 Å². The second-order valence-corrected chi connectivity index (χ2v) is 6.35. The summed E-state index contributed by atoms with van der Waals surface area (Å²) in [5.41, 5.74) is 3.43. The van der Waals surface area contributed by atoms with Gasteiger partial charge in [0.15, 0.2) is 0 Å². The first-order valence-electron chi connectivity index (χ1n) is 6.94. The Balaban J connectivity index is 1.82. The number of carbonyl (C=O) groups is 1. The molecule has 4 nitrogen and oxygen atoms in total. The highest BCUT2D eigenvalue weighted by atomic mass is 35.5. The Bertz CT molecular complexity index is 1040. The lowest BCUT2D eigenvalue weighted by atomic mass is 10.1. The van der Waals surface area contributed by atoms with Gasteiger partial charge in [-0.05, 0) is 42.1 Å². The molecule has 6 heteroatoms. The molecule has 4 aromatic rings. The van der Waals surface area contributed by atoms with Crippen molar-refractivity contribution in [2.45, 2.75) is 6.92 Å². The molecule has 0 aliphatic rings. The third-order valence-corrected chi connectivity index (χ3v) is 4.68. The lowest BCUT2D eigenvalue weighted by Gasteiger charge is -2.03. The van der Waals surface area contributed by atoms with Crippen LogP contribution in [0.4, 0.5) is 0 Å². The quantitative estimate of drug-likeness (QED) is 0.318. The molecule has 0 aliphatic heterocycles. The van der Waals surface area contributed by atoms with Gasteiger partial charge in [-0.2, -0.15) is 11.3 Å². The Labute approximate surface area is 140 Å². The van der Waals surface area contributed by atoms with Gasteiger partial charge in [0.05, 0.1) is 11.1 Å². The monoisotopic (exact) mass is 342 g/mol. The Morgan fingerprint density at radius 1 is 1.35 bits per heavy atom. The number of fused-ring (bicyclic) bond motifs is 3. The lowest BCUT2D eigenvalue weighted by Crippen LogP contribution is -2.06. The molecule has 0 spiro atoms. The summed E-state index contributed by atoms with van der Waals surface area (Å²) in [5, 5.41) is 5.76. The molecule has 0 fully saturated rings. The van der Waals surface area contributed by atoms with Crippen LogP contribution in [0.5, 0.6) is 5.75 Å². The van der Waals surface area contributed by atoms with Gasteiger partial charge in [-0.3, -0.25) is 0 Å². The molecule has 0 atom stereocenters. The van der Waals surface area contributed by atoms with Crippen molar-refractivity contribution in [3.63, 3.8) is 0 Å². The summed E-state index contributed by atoms with van der Waals surface area (Å²) >= 11 is 7.71. The summed E-state index contributed by atoms with van der Waals surface area (Å²) < 4.78 is 5.45. The second kappa shape index (κ2) is 5.37. The molecule has 23 heavy (non-hydrogen) atoms. The van der Waals surface area contributed by atoms with Crippen molar-refractivity contribution in [3.8, 4) is 5.75 Å². The van der Waals surface area contributed by atoms with E-state index in [0.717, 1.165) is 27.4 Å². The van der Waals surface area contributed by atoms with Crippen LogP contribution in [0.15, 0.2) is 41.2 Å². The maximum absolute atomic E-state index is 12.1. The van der Waals surface area contributed by atoms with E-state index in [4.69, 9.17) is 16.3 Å². The van der Waals surface area contributed by atoms with Crippen LogP contribution < -0.4 is 4.74 Å². The number of hydrogen-bond acceptors (Lipinski definition) is 4. The van der Waals surface area contributed by atoms with Gasteiger partial charge in [0.2, 0.25) is 0 Å². The largest absolute Gasteiger partial charge is 0.423 e. The molecule has 1 aromatic carbocycles. The summed E-state index contributed by atoms with van der Waals surface area (Å²) in [6.07, 6.45) is 1.73. The van der Waals surface area contributed by atoms with Crippen LogP contribution in [-0.2, 0) is 0 Å². The molecule has 4 rings (SSSR count). The highest BCUT2D eigenvalue weighted by Crippen LogP contribution is 2.34. The third kappa shape index (κ3) is 2.38. The zero-order chi connectivity index (χ0) is 16.0. The fraction of sp³-hybridized carbons (Fsp3) is 0.0588. The fourth-order valence-electron chi connectivity index (χ4n) is 2.57. The van der Waals surface area contributed by atoms with Crippen molar-refractivity contribution >= 4 is 50.7 Å². The number of H-pyrrole nitrogens is 1. The average molecular weight is 343 g/mol. The number of nitrogens with one attached hydrogen (secondary N) is 1. The predicted molar refractivity (Wildman–Crippen MR) is 92.6 cm³/mol. The van der Waals surface area contributed by atoms with Crippen molar-refractivity contribution in [2.75, 3.05) is 0 Å². The van der Waals surface area contributed by atoms with Gasteiger partial charge < -0.3 is 9.72 Å². The zero-order valence-electron chi connectivity index (χ0n) is 12.1. The van der Waals surface area contributed by atoms with Crippen LogP contribution in [0, 0.1) is 6.92 Å². The van der Waals surface area contributed by atoms with Gasteiger partial charge in [0, 0.05) is 27.9 Å². The fourth-order valence-corrected chi connectivity index (χ4v) is 3.44. The van der Waals surface area contributed by atoms with Gasteiger partial charge >= 0.3 is 5.97 Å². The number of ether oxygens (including phenoxy) is 1. The minimum Gasteiger partial charge on any atom is -0.423 e. The second-order valence-electron chi connectivity index (χ2n) is 5.22. The molecule has 0 unspecified atom stereocenters. The van der Waals surface area contributed by atoms with Crippen molar-refractivity contribution in [3.05, 3.63) is 57.5 Å². The highest BCUT2D eigenvalue weighted by Gasteiger charge is 2.14. The minimum atomic E-state index is -0.370. The summed E-state index contributed by atoms with van der Waals surface area (Å²) in [6.45, 7) is 1.97. The maximum Gasteiger partial charge on any atom is 0.344 e. The van der Waals surface area contributed by atoms with Gasteiger partial charge in [0.25, 0.3) is 0 Å². The van der Waals surface area contributed by atoms with Crippen LogP contribution >= 0.6 is 22.9 Å². The average Bonchev–Trinajstić information content (AvgIpc) is 3.18. The molecule has 114 valence electrons. The van der Waals surface area contributed by atoms with Crippen molar-refractivity contribution in [2.24, 2.45) is 0 Å². The van der Waals surface area contributed by atoms with E-state index in [0.29, 0.717) is 16.5 Å². The van der Waals surface area contributed by atoms with Crippen LogP contribution in [-0.4, -0.2) is 15.9 Å². The summed E-state index contributed by atoms with van der Waals surface area (Å²) in [7, 11) is 0. The molecule has 3 heterocycles. The van der Waals surface area contributed by atoms with Gasteiger partial charge in [-0.15, -0.1) is 0 Å². The van der Waals surface area contributed by atoms with E-state index in [1.165, 1.54) is 11.3 Å². The number of thiophene rings is 1. The van der Waals surface area contributed by atoms with E-state index < -0.39 is 0 Å². The first-order chi connectivity index (χ1) is 11.1. The topological polar surface area (TPSA) is 55.0 Å². The number of aromatic amines is 1. The first-order valence-corrected chi connectivity index (χ1v) is 8.26.